The van der Waals surface area contributed by atoms with E-state index in [1.54, 1.807) is 0 Å². The summed E-state index contributed by atoms with van der Waals surface area (Å²) in [5, 5.41) is 49.7. The van der Waals surface area contributed by atoms with Crippen LogP contribution in [0.3, 0.4) is 0 Å². The highest BCUT2D eigenvalue weighted by atomic mass is 127. The Morgan fingerprint density at radius 2 is 0.594 bits per heavy atom. The zero-order valence-electron chi connectivity index (χ0n) is 80.6. The van der Waals surface area contributed by atoms with Crippen molar-refractivity contribution in [3.8, 4) is 45.0 Å². The van der Waals surface area contributed by atoms with Crippen molar-refractivity contribution in [3.05, 3.63) is 302 Å². The summed E-state index contributed by atoms with van der Waals surface area (Å²) in [6.45, 7) is 0.0146. The predicted octanol–water partition coefficient (Wildman–Crippen LogP) is 23.4. The van der Waals surface area contributed by atoms with Crippen LogP contribution in [-0.4, -0.2) is 83.9 Å². The van der Waals surface area contributed by atoms with E-state index in [0.29, 0.717) is 89.6 Å². The van der Waals surface area contributed by atoms with Crippen LogP contribution in [0, 0.1) is 68.0 Å². The molecule has 28 heteroatoms. The number of aromatic nitrogens is 8. The number of carbonyl (C=O) groups excluding carboxylic acids is 4. The molecule has 143 heavy (non-hydrogen) atoms. The minimum Gasteiger partial charge on any atom is -0.392 e. The number of amides is 4. The van der Waals surface area contributed by atoms with E-state index < -0.39 is 58.6 Å². The number of rotatable bonds is 27. The lowest BCUT2D eigenvalue weighted by molar-refractivity contribution is -0.116. The van der Waals surface area contributed by atoms with Crippen LogP contribution in [0.4, 0.5) is 54.0 Å². The van der Waals surface area contributed by atoms with E-state index in [1.165, 1.54) is 120 Å². The molecule has 4 amide bonds. The summed E-state index contributed by atoms with van der Waals surface area (Å²) < 4.78 is 97.1. The van der Waals surface area contributed by atoms with Gasteiger partial charge in [-0.05, 0) is 241 Å². The fourth-order valence-corrected chi connectivity index (χ4v) is 21.9. The van der Waals surface area contributed by atoms with Crippen LogP contribution < -0.4 is 21.3 Å². The van der Waals surface area contributed by atoms with E-state index in [1.807, 2.05) is 103 Å². The molecule has 12 aromatic rings. The van der Waals surface area contributed by atoms with Crippen molar-refractivity contribution in [3.63, 3.8) is 0 Å². The molecule has 4 fully saturated rings. The number of anilines is 4. The highest BCUT2D eigenvalue weighted by Crippen LogP contribution is 2.43. The molecule has 8 aliphatic carbocycles. The third-order valence-corrected chi connectivity index (χ3v) is 30.2. The summed E-state index contributed by atoms with van der Waals surface area (Å²) >= 11 is 2.27. The first-order valence-corrected chi connectivity index (χ1v) is 52.1. The van der Waals surface area contributed by atoms with E-state index in [9.17, 15) is 70.3 Å². The lowest BCUT2D eigenvalue weighted by atomic mass is 9.85. The molecule has 0 radical (unpaired) electrons. The van der Waals surface area contributed by atoms with Gasteiger partial charge in [0, 0.05) is 37.0 Å². The number of nitrogens with zero attached hydrogens (tertiary/aromatic N) is 8. The van der Waals surface area contributed by atoms with Crippen LogP contribution in [0.5, 0.6) is 0 Å². The Morgan fingerprint density at radius 3 is 0.916 bits per heavy atom. The molecule has 0 spiro atoms. The van der Waals surface area contributed by atoms with Gasteiger partial charge in [0.15, 0.2) is 58.2 Å². The Hall–Kier alpha value is -12.0. The molecule has 20 nitrogen and oxygen atoms in total. The molecule has 0 bridgehead atoms. The van der Waals surface area contributed by atoms with Crippen LogP contribution in [0.15, 0.2) is 146 Å². The summed E-state index contributed by atoms with van der Waals surface area (Å²) in [6.07, 6.45) is 37.1. The van der Waals surface area contributed by atoms with Crippen molar-refractivity contribution in [1.29, 1.82) is 0 Å². The largest absolute Gasteiger partial charge is 0.392 e. The van der Waals surface area contributed by atoms with Gasteiger partial charge in [0.25, 0.3) is 5.91 Å². The van der Waals surface area contributed by atoms with Gasteiger partial charge in [0.2, 0.25) is 23.5 Å². The predicted molar refractivity (Wildman–Crippen MR) is 546 cm³/mol. The summed E-state index contributed by atoms with van der Waals surface area (Å²) in [6, 6.07) is 44.6. The lowest BCUT2D eigenvalue weighted by Gasteiger charge is -2.24. The molecule has 4 heterocycles. The lowest BCUT2D eigenvalue weighted by Crippen LogP contribution is -2.22. The molecular weight excluding hydrogens is 1940 g/mol. The molecule has 0 unspecified atom stereocenters. The standard InChI is InChI=1S/C29H28F5N3O2.C29H31F2N3O2.C29H32IN3O2.C28H31N3O2/c30-23-19(24(31)26(33)27(34)25(23)32)13-22(39)37-29-21(10-7-15-4-2-1-3-5-15)35-28-18-9-6-16(14-38)12-17(18)8-11-20(28)36-29;30-23-11-7-19(15-24(23)31)16-27(36)34-29-26(12-8-18-4-2-1-3-5-18)32-28-22-10-6-20(17-35)14-21(22)9-13-25(28)33-29;30-23-11-6-20(7-12-23)17-27(35)33-29-26(14-9-19-4-2-1-3-5-19)31-28-24-13-8-21(18-34)16-22(24)10-15-25(28)32-29;32-18-20-11-14-23-22(17-20)13-16-24-26(23)29-25(15-12-19-7-3-1-4-8-19)27(30-24)31-28(33)21-9-5-2-6-10-21/h6,9,12,15,38H,1-5,7-8,10-11,13-14H2,(H,36,37,39);6-7,10-11,14-15,18,35H,1-5,8-9,12-13,16-17H2,(H,33,34,36);6-8,11-13,16,19,34H,1-5,9-10,14-15,17-18H2,(H,32,33,35);2,5-6,9-11,14,17,19,32H,1,3-4,7-8,12-13,15-16,18H2,(H,30,31,33). The average Bonchev–Trinajstić information content (AvgIpc) is 0.788. The second-order valence-electron chi connectivity index (χ2n) is 39.4. The van der Waals surface area contributed by atoms with Crippen molar-refractivity contribution >= 4 is 69.5 Å². The molecule has 4 aromatic heterocycles. The first-order chi connectivity index (χ1) is 69.5. The summed E-state index contributed by atoms with van der Waals surface area (Å²) in [5.74, 6) is -9.47. The number of aliphatic hydroxyl groups excluding tert-OH is 4. The van der Waals surface area contributed by atoms with Crippen LogP contribution >= 0.6 is 22.6 Å². The summed E-state index contributed by atoms with van der Waals surface area (Å²) in [5.41, 5.74) is 22.8. The van der Waals surface area contributed by atoms with Crippen LogP contribution in [-0.2, 0) is 137 Å². The van der Waals surface area contributed by atoms with Crippen LogP contribution in [0.2, 0.25) is 0 Å². The van der Waals surface area contributed by atoms with Crippen LogP contribution in [0.25, 0.3) is 45.0 Å². The monoisotopic (exact) mass is 2060 g/mol. The normalized spacial score (nSPS) is 15.3. The maximum Gasteiger partial charge on any atom is 0.256 e. The fraction of sp³-hybridized carbons (Fsp3) is 0.409. The molecule has 746 valence electrons. The molecule has 0 aliphatic heterocycles. The molecular formula is C115H122F7IN12O8. The second kappa shape index (κ2) is 48.6. The van der Waals surface area contributed by atoms with Crippen LogP contribution in [0.1, 0.15) is 271 Å². The molecule has 20 rings (SSSR count). The van der Waals surface area contributed by atoms with Crippen molar-refractivity contribution in [2.24, 2.45) is 23.7 Å². The van der Waals surface area contributed by atoms with E-state index >= 15 is 0 Å². The van der Waals surface area contributed by atoms with Gasteiger partial charge >= 0.3 is 0 Å². The minimum atomic E-state index is -2.27. The van der Waals surface area contributed by atoms with Crippen molar-refractivity contribution in [1.82, 2.24) is 39.9 Å². The highest BCUT2D eigenvalue weighted by Gasteiger charge is 2.34. The first kappa shape index (κ1) is 102. The minimum absolute atomic E-state index is 0.00137. The Labute approximate surface area is 843 Å². The van der Waals surface area contributed by atoms with Gasteiger partial charge in [-0.15, -0.1) is 0 Å². The number of hydrogen-bond donors (Lipinski definition) is 8. The first-order valence-electron chi connectivity index (χ1n) is 51.0. The molecule has 4 saturated carbocycles. The van der Waals surface area contributed by atoms with Gasteiger partial charge in [-0.2, -0.15) is 0 Å². The Kier molecular flexibility index (Phi) is 34.8. The van der Waals surface area contributed by atoms with Gasteiger partial charge in [-0.25, -0.2) is 70.6 Å². The SMILES string of the molecule is O=C(Cc1c(F)c(F)c(F)c(F)c1F)Nc1nc2c(nc1CCC1CCCCC1)-c1ccc(CO)cc1CC2.O=C(Cc1ccc(F)c(F)c1)Nc1nc2c(nc1CCC1CCCCC1)-c1ccc(CO)cc1CC2.O=C(Cc1ccc(I)cc1)Nc1nc2c(nc1CCC1CCCCC1)-c1ccc(CO)cc1CC2.O=C(Nc1nc2c(nc1CCC1CCCCC1)-c1ccc(CO)cc1CC2)c1ccccc1. The fourth-order valence-electron chi connectivity index (χ4n) is 21.6. The number of hydrogen-bond acceptors (Lipinski definition) is 16. The second-order valence-corrected chi connectivity index (χ2v) is 40.7. The number of aliphatic hydroxyl groups is 4. The molecule has 8 aliphatic rings. The van der Waals surface area contributed by atoms with E-state index in [2.05, 4.69) is 73.1 Å². The number of benzene rings is 8. The maximum absolute atomic E-state index is 14.2. The van der Waals surface area contributed by atoms with Gasteiger partial charge in [-0.1, -0.05) is 238 Å². The smallest absolute Gasteiger partial charge is 0.256 e. The number of carbonyl (C=O) groups is 4. The van der Waals surface area contributed by atoms with E-state index in [4.69, 9.17) is 34.9 Å². The van der Waals surface area contributed by atoms with E-state index in [-0.39, 0.29) is 56.4 Å². The summed E-state index contributed by atoms with van der Waals surface area (Å²) in [7, 11) is 0. The van der Waals surface area contributed by atoms with Crippen molar-refractivity contribution in [2.45, 2.75) is 277 Å². The van der Waals surface area contributed by atoms with Crippen molar-refractivity contribution in [2.75, 3.05) is 21.3 Å². The zero-order chi connectivity index (χ0) is 99.6. The highest BCUT2D eigenvalue weighted by molar-refractivity contribution is 14.1. The third kappa shape index (κ3) is 25.9. The Balaban J connectivity index is 0.000000131. The number of nitrogens with one attached hydrogen (secondary N) is 4. The van der Waals surface area contributed by atoms with Gasteiger partial charge in [0.05, 0.1) is 114 Å². The summed E-state index contributed by atoms with van der Waals surface area (Å²) in [4.78, 5) is 91.1. The molecule has 0 atom stereocenters. The third-order valence-electron chi connectivity index (χ3n) is 29.5. The number of aryl methyl sites for hydroxylation is 12. The van der Waals surface area contributed by atoms with E-state index in [0.717, 1.165) is 243 Å². The molecule has 8 aromatic carbocycles. The van der Waals surface area contributed by atoms with Gasteiger partial charge in [0.1, 0.15) is 0 Å². The quantitative estimate of drug-likeness (QED) is 0.0103. The van der Waals surface area contributed by atoms with Crippen molar-refractivity contribution < 1.29 is 70.3 Å². The topological polar surface area (TPSA) is 300 Å². The molecule has 8 N–H and O–H groups in total. The average molecular weight is 2060 g/mol. The number of fused-ring (bicyclic) bond motifs is 12. The molecule has 0 saturated heterocycles. The number of halogens is 8. The Bertz CT molecular complexity index is 6580. The Morgan fingerprint density at radius 1 is 0.301 bits per heavy atom. The van der Waals surface area contributed by atoms with Gasteiger partial charge in [-0.3, -0.25) is 19.2 Å². The maximum atomic E-state index is 14.2. The zero-order valence-corrected chi connectivity index (χ0v) is 82.8. The van der Waals surface area contributed by atoms with Gasteiger partial charge < -0.3 is 41.7 Å².